The second kappa shape index (κ2) is 6.54. The Morgan fingerprint density at radius 2 is 2.10 bits per heavy atom. The van der Waals surface area contributed by atoms with E-state index in [1.54, 1.807) is 13.1 Å². The Kier molecular flexibility index (Phi) is 4.75. The topological polar surface area (TPSA) is 74.4 Å². The van der Waals surface area contributed by atoms with Gasteiger partial charge in [0.2, 0.25) is 0 Å². The third-order valence-electron chi connectivity index (χ3n) is 3.35. The number of hydrogen-bond acceptors (Lipinski definition) is 5. The Morgan fingerprint density at radius 3 is 2.86 bits per heavy atom. The van der Waals surface area contributed by atoms with Gasteiger partial charge in [-0.05, 0) is 31.9 Å². The fourth-order valence-corrected chi connectivity index (χ4v) is 2.15. The summed E-state index contributed by atoms with van der Waals surface area (Å²) in [6.45, 7) is 2.14. The van der Waals surface area contributed by atoms with Crippen molar-refractivity contribution in [2.24, 2.45) is 5.73 Å². The molecule has 1 atom stereocenters. The summed E-state index contributed by atoms with van der Waals surface area (Å²) in [7, 11) is 1.34. The molecule has 1 aromatic heterocycles. The molecule has 2 aromatic rings. The highest BCUT2D eigenvalue weighted by Gasteiger charge is 2.28. The molecule has 0 saturated carbocycles. The van der Waals surface area contributed by atoms with Crippen molar-refractivity contribution in [2.75, 3.05) is 13.7 Å². The SMILES string of the molecule is COC(=O)C(C)(N)CCCOc1cccc2cccnc12. The number of pyridine rings is 1. The van der Waals surface area contributed by atoms with E-state index in [4.69, 9.17) is 10.5 Å². The van der Waals surface area contributed by atoms with Gasteiger partial charge in [0.15, 0.2) is 0 Å². The number of ether oxygens (including phenoxy) is 2. The largest absolute Gasteiger partial charge is 0.491 e. The Morgan fingerprint density at radius 1 is 1.33 bits per heavy atom. The quantitative estimate of drug-likeness (QED) is 0.652. The van der Waals surface area contributed by atoms with E-state index in [1.165, 1.54) is 7.11 Å². The minimum absolute atomic E-state index is 0.408. The second-order valence-corrected chi connectivity index (χ2v) is 5.19. The zero-order valence-corrected chi connectivity index (χ0v) is 12.3. The van der Waals surface area contributed by atoms with E-state index in [1.807, 2.05) is 30.3 Å². The van der Waals surface area contributed by atoms with E-state index in [-0.39, 0.29) is 0 Å². The van der Waals surface area contributed by atoms with E-state index in [0.29, 0.717) is 19.4 Å². The van der Waals surface area contributed by atoms with Crippen molar-refractivity contribution in [3.8, 4) is 5.75 Å². The van der Waals surface area contributed by atoms with Crippen molar-refractivity contribution >= 4 is 16.9 Å². The van der Waals surface area contributed by atoms with Crippen molar-refractivity contribution in [3.63, 3.8) is 0 Å². The Balaban J connectivity index is 1.93. The van der Waals surface area contributed by atoms with E-state index >= 15 is 0 Å². The molecule has 0 radical (unpaired) electrons. The molecule has 5 heteroatoms. The summed E-state index contributed by atoms with van der Waals surface area (Å²) in [6, 6.07) is 9.69. The standard InChI is InChI=1S/C16H20N2O3/c1-16(17,15(19)20-2)9-5-11-21-13-8-3-6-12-7-4-10-18-14(12)13/h3-4,6-8,10H,5,9,11,17H2,1-2H3. The molecule has 0 aliphatic heterocycles. The number of hydrogen-bond donors (Lipinski definition) is 1. The third-order valence-corrected chi connectivity index (χ3v) is 3.35. The number of carbonyl (C=O) groups is 1. The predicted octanol–water partition coefficient (Wildman–Crippen LogP) is 2.28. The minimum Gasteiger partial charge on any atom is -0.491 e. The molecule has 2 N–H and O–H groups in total. The predicted molar refractivity (Wildman–Crippen MR) is 81.1 cm³/mol. The zero-order chi connectivity index (χ0) is 15.3. The summed E-state index contributed by atoms with van der Waals surface area (Å²) in [4.78, 5) is 15.8. The number of aromatic nitrogens is 1. The average molecular weight is 288 g/mol. The van der Waals surface area contributed by atoms with Crippen molar-refractivity contribution in [2.45, 2.75) is 25.3 Å². The van der Waals surface area contributed by atoms with Gasteiger partial charge >= 0.3 is 5.97 Å². The van der Waals surface area contributed by atoms with Gasteiger partial charge in [0.1, 0.15) is 16.8 Å². The maximum atomic E-state index is 11.5. The smallest absolute Gasteiger partial charge is 0.325 e. The number of methoxy groups -OCH3 is 1. The Bertz CT molecular complexity index is 620. The maximum Gasteiger partial charge on any atom is 0.325 e. The van der Waals surface area contributed by atoms with Gasteiger partial charge in [-0.15, -0.1) is 0 Å². The molecule has 0 aliphatic rings. The molecule has 0 amide bonds. The average Bonchev–Trinajstić information content (AvgIpc) is 2.50. The van der Waals surface area contributed by atoms with Crippen LogP contribution in [0.2, 0.25) is 0 Å². The molecule has 0 aliphatic carbocycles. The highest BCUT2D eigenvalue weighted by Crippen LogP contribution is 2.23. The van der Waals surface area contributed by atoms with Crippen molar-refractivity contribution in [3.05, 3.63) is 36.5 Å². The lowest BCUT2D eigenvalue weighted by molar-refractivity contribution is -0.146. The number of carbonyl (C=O) groups excluding carboxylic acids is 1. The fraction of sp³-hybridized carbons (Fsp3) is 0.375. The van der Waals surface area contributed by atoms with E-state index < -0.39 is 11.5 Å². The van der Waals surface area contributed by atoms with Gasteiger partial charge < -0.3 is 15.2 Å². The molecule has 2 rings (SSSR count). The summed E-state index contributed by atoms with van der Waals surface area (Å²) in [5, 5.41) is 1.04. The summed E-state index contributed by atoms with van der Waals surface area (Å²) in [6.07, 6.45) is 2.90. The highest BCUT2D eigenvalue weighted by molar-refractivity contribution is 5.84. The van der Waals surface area contributed by atoms with Crippen LogP contribution in [0, 0.1) is 0 Å². The molecule has 0 fully saturated rings. The first kappa shape index (κ1) is 15.3. The summed E-state index contributed by atoms with van der Waals surface area (Å²) < 4.78 is 10.4. The van der Waals surface area contributed by atoms with Crippen LogP contribution >= 0.6 is 0 Å². The summed E-state index contributed by atoms with van der Waals surface area (Å²) in [5.74, 6) is 0.333. The molecule has 1 aromatic carbocycles. The number of nitrogens with two attached hydrogens (primary N) is 1. The fourth-order valence-electron chi connectivity index (χ4n) is 2.15. The van der Waals surface area contributed by atoms with E-state index in [2.05, 4.69) is 9.72 Å². The highest BCUT2D eigenvalue weighted by atomic mass is 16.5. The van der Waals surface area contributed by atoms with Crippen LogP contribution in [0.15, 0.2) is 36.5 Å². The number of nitrogens with zero attached hydrogens (tertiary/aromatic N) is 1. The van der Waals surface area contributed by atoms with Gasteiger partial charge in [0.05, 0.1) is 13.7 Å². The summed E-state index contributed by atoms with van der Waals surface area (Å²) >= 11 is 0. The lowest BCUT2D eigenvalue weighted by Gasteiger charge is -2.21. The van der Waals surface area contributed by atoms with Crippen LogP contribution in [0.4, 0.5) is 0 Å². The first-order valence-corrected chi connectivity index (χ1v) is 6.88. The summed E-state index contributed by atoms with van der Waals surface area (Å²) in [5.41, 5.74) is 5.76. The molecular weight excluding hydrogens is 268 g/mol. The molecule has 21 heavy (non-hydrogen) atoms. The first-order chi connectivity index (χ1) is 10.0. The van der Waals surface area contributed by atoms with Gasteiger partial charge in [-0.2, -0.15) is 0 Å². The van der Waals surface area contributed by atoms with Crippen LogP contribution in [0.1, 0.15) is 19.8 Å². The van der Waals surface area contributed by atoms with Crippen LogP contribution in [-0.2, 0) is 9.53 Å². The molecule has 1 unspecified atom stereocenters. The Labute approximate surface area is 124 Å². The lowest BCUT2D eigenvalue weighted by Crippen LogP contribution is -2.45. The molecule has 0 saturated heterocycles. The number of benzene rings is 1. The third kappa shape index (κ3) is 3.70. The van der Waals surface area contributed by atoms with E-state index in [9.17, 15) is 4.79 Å². The van der Waals surface area contributed by atoms with Gasteiger partial charge in [-0.1, -0.05) is 18.2 Å². The van der Waals surface area contributed by atoms with Gasteiger partial charge in [0.25, 0.3) is 0 Å². The second-order valence-electron chi connectivity index (χ2n) is 5.19. The van der Waals surface area contributed by atoms with Crippen LogP contribution in [0.25, 0.3) is 10.9 Å². The molecule has 1 heterocycles. The molecular formula is C16H20N2O3. The van der Waals surface area contributed by atoms with Crippen molar-refractivity contribution in [1.82, 2.24) is 4.98 Å². The van der Waals surface area contributed by atoms with Crippen LogP contribution < -0.4 is 10.5 Å². The minimum atomic E-state index is -0.977. The molecule has 112 valence electrons. The maximum absolute atomic E-state index is 11.5. The number of esters is 1. The van der Waals surface area contributed by atoms with Crippen LogP contribution in [0.5, 0.6) is 5.75 Å². The number of fused-ring (bicyclic) bond motifs is 1. The number of rotatable bonds is 6. The van der Waals surface area contributed by atoms with Crippen LogP contribution in [0.3, 0.4) is 0 Å². The van der Waals surface area contributed by atoms with Gasteiger partial charge in [-0.3, -0.25) is 9.78 Å². The van der Waals surface area contributed by atoms with Crippen LogP contribution in [-0.4, -0.2) is 30.2 Å². The monoisotopic (exact) mass is 288 g/mol. The van der Waals surface area contributed by atoms with Crippen molar-refractivity contribution < 1.29 is 14.3 Å². The normalized spacial score (nSPS) is 13.7. The van der Waals surface area contributed by atoms with E-state index in [0.717, 1.165) is 16.7 Å². The molecule has 0 bridgehead atoms. The van der Waals surface area contributed by atoms with Gasteiger partial charge in [-0.25, -0.2) is 0 Å². The first-order valence-electron chi connectivity index (χ1n) is 6.88. The Hall–Kier alpha value is -2.14. The lowest BCUT2D eigenvalue weighted by atomic mass is 9.98. The molecule has 5 nitrogen and oxygen atoms in total. The molecule has 0 spiro atoms. The number of para-hydroxylation sites is 1. The zero-order valence-electron chi connectivity index (χ0n) is 12.3. The van der Waals surface area contributed by atoms with Crippen molar-refractivity contribution in [1.29, 1.82) is 0 Å². The van der Waals surface area contributed by atoms with Gasteiger partial charge in [0, 0.05) is 11.6 Å².